The van der Waals surface area contributed by atoms with E-state index in [0.717, 1.165) is 42.0 Å². The molecule has 1 aliphatic rings. The molecule has 1 heterocycles. The average molecular weight is 386 g/mol. The van der Waals surface area contributed by atoms with E-state index in [1.54, 1.807) is 27.2 Å². The summed E-state index contributed by atoms with van der Waals surface area (Å²) in [5.41, 5.74) is 2.39. The van der Waals surface area contributed by atoms with E-state index in [1.165, 1.54) is 6.07 Å². The molecule has 1 amide bonds. The van der Waals surface area contributed by atoms with Gasteiger partial charge in [-0.15, -0.1) is 0 Å². The van der Waals surface area contributed by atoms with E-state index in [4.69, 9.17) is 9.47 Å². The standard InChI is InChI=1S/C22H27FN2O3/c1-15-6-7-16(11-19(15)23)13-24-22(26)14-25-10-4-5-20(25)18-12-17(27-2)8-9-21(18)28-3/h6-9,11-12,20H,4-5,10,13-14H2,1-3H3,(H,24,26)/t20-/m1/s1. The summed E-state index contributed by atoms with van der Waals surface area (Å²) in [6, 6.07) is 10.9. The zero-order valence-electron chi connectivity index (χ0n) is 16.6. The van der Waals surface area contributed by atoms with Crippen LogP contribution in [0.1, 0.15) is 35.6 Å². The highest BCUT2D eigenvalue weighted by molar-refractivity contribution is 5.78. The lowest BCUT2D eigenvalue weighted by Gasteiger charge is -2.26. The summed E-state index contributed by atoms with van der Waals surface area (Å²) < 4.78 is 24.5. The average Bonchev–Trinajstić information content (AvgIpc) is 3.16. The first-order valence-corrected chi connectivity index (χ1v) is 9.49. The Morgan fingerprint density at radius 3 is 2.75 bits per heavy atom. The molecule has 3 rings (SSSR count). The van der Waals surface area contributed by atoms with Gasteiger partial charge < -0.3 is 14.8 Å². The number of hydrogen-bond acceptors (Lipinski definition) is 4. The van der Waals surface area contributed by atoms with Gasteiger partial charge in [-0.1, -0.05) is 12.1 Å². The molecule has 1 N–H and O–H groups in total. The van der Waals surface area contributed by atoms with Gasteiger partial charge in [-0.25, -0.2) is 4.39 Å². The fourth-order valence-electron chi connectivity index (χ4n) is 3.65. The number of hydrogen-bond donors (Lipinski definition) is 1. The molecule has 0 bridgehead atoms. The third-order valence-electron chi connectivity index (χ3n) is 5.23. The monoisotopic (exact) mass is 386 g/mol. The third-order valence-corrected chi connectivity index (χ3v) is 5.23. The minimum absolute atomic E-state index is 0.0743. The van der Waals surface area contributed by atoms with Gasteiger partial charge in [0.2, 0.25) is 5.91 Å². The van der Waals surface area contributed by atoms with Crippen LogP contribution in [0.25, 0.3) is 0 Å². The van der Waals surface area contributed by atoms with Crippen molar-refractivity contribution in [1.29, 1.82) is 0 Å². The number of nitrogens with one attached hydrogen (secondary N) is 1. The van der Waals surface area contributed by atoms with Crippen LogP contribution in [0.15, 0.2) is 36.4 Å². The second kappa shape index (κ2) is 9.06. The Kier molecular flexibility index (Phi) is 6.52. The second-order valence-corrected chi connectivity index (χ2v) is 7.10. The number of nitrogens with zero attached hydrogens (tertiary/aromatic N) is 1. The first-order chi connectivity index (χ1) is 13.5. The van der Waals surface area contributed by atoms with Gasteiger partial charge in [-0.05, 0) is 61.7 Å². The molecular formula is C22H27FN2O3. The van der Waals surface area contributed by atoms with E-state index in [9.17, 15) is 9.18 Å². The van der Waals surface area contributed by atoms with Crippen LogP contribution in [0, 0.1) is 12.7 Å². The summed E-state index contributed by atoms with van der Waals surface area (Å²) in [6.07, 6.45) is 1.97. The minimum Gasteiger partial charge on any atom is -0.497 e. The highest BCUT2D eigenvalue weighted by Crippen LogP contribution is 2.38. The van der Waals surface area contributed by atoms with Crippen LogP contribution in [0.4, 0.5) is 4.39 Å². The van der Waals surface area contributed by atoms with Crippen molar-refractivity contribution in [3.05, 3.63) is 58.9 Å². The molecule has 0 aliphatic carbocycles. The van der Waals surface area contributed by atoms with Gasteiger partial charge in [-0.2, -0.15) is 0 Å². The Morgan fingerprint density at radius 2 is 2.04 bits per heavy atom. The van der Waals surface area contributed by atoms with Gasteiger partial charge >= 0.3 is 0 Å². The number of benzene rings is 2. The van der Waals surface area contributed by atoms with Crippen LogP contribution in [0.2, 0.25) is 0 Å². The normalized spacial score (nSPS) is 16.8. The van der Waals surface area contributed by atoms with Crippen LogP contribution < -0.4 is 14.8 Å². The molecule has 1 fully saturated rings. The van der Waals surface area contributed by atoms with Crippen molar-refractivity contribution in [3.63, 3.8) is 0 Å². The molecule has 5 nitrogen and oxygen atoms in total. The quantitative estimate of drug-likeness (QED) is 0.790. The SMILES string of the molecule is COc1ccc(OC)c([C@H]2CCCN2CC(=O)NCc2ccc(C)c(F)c2)c1. The Morgan fingerprint density at radius 1 is 1.21 bits per heavy atom. The van der Waals surface area contributed by atoms with Crippen molar-refractivity contribution in [1.82, 2.24) is 10.2 Å². The summed E-state index contributed by atoms with van der Waals surface area (Å²) >= 11 is 0. The molecule has 0 radical (unpaired) electrons. The zero-order valence-corrected chi connectivity index (χ0v) is 16.6. The number of rotatable bonds is 7. The predicted octanol–water partition coefficient (Wildman–Crippen LogP) is 3.60. The lowest BCUT2D eigenvalue weighted by molar-refractivity contribution is -0.122. The van der Waals surface area contributed by atoms with Gasteiger partial charge in [0.25, 0.3) is 0 Å². The maximum atomic E-state index is 13.7. The number of likely N-dealkylation sites (tertiary alicyclic amines) is 1. The summed E-state index contributed by atoms with van der Waals surface area (Å²) in [4.78, 5) is 14.6. The Balaban J connectivity index is 1.64. The van der Waals surface area contributed by atoms with Crippen LogP contribution in [0.5, 0.6) is 11.5 Å². The van der Waals surface area contributed by atoms with Crippen LogP contribution in [-0.2, 0) is 11.3 Å². The molecule has 1 aliphatic heterocycles. The first kappa shape index (κ1) is 20.1. The molecule has 6 heteroatoms. The molecule has 2 aromatic rings. The topological polar surface area (TPSA) is 50.8 Å². The molecule has 0 spiro atoms. The highest BCUT2D eigenvalue weighted by Gasteiger charge is 2.30. The van der Waals surface area contributed by atoms with Crippen molar-refractivity contribution < 1.29 is 18.7 Å². The van der Waals surface area contributed by atoms with Gasteiger partial charge in [0.05, 0.1) is 20.8 Å². The molecular weight excluding hydrogens is 359 g/mol. The first-order valence-electron chi connectivity index (χ1n) is 9.49. The third kappa shape index (κ3) is 4.62. The number of halogens is 1. The lowest BCUT2D eigenvalue weighted by Crippen LogP contribution is -2.36. The molecule has 28 heavy (non-hydrogen) atoms. The fraction of sp³-hybridized carbons (Fsp3) is 0.409. The van der Waals surface area contributed by atoms with E-state index in [1.807, 2.05) is 24.3 Å². The second-order valence-electron chi connectivity index (χ2n) is 7.10. The van der Waals surface area contributed by atoms with Crippen molar-refractivity contribution in [2.45, 2.75) is 32.4 Å². The van der Waals surface area contributed by atoms with E-state index in [2.05, 4.69) is 10.2 Å². The molecule has 150 valence electrons. The molecule has 2 aromatic carbocycles. The summed E-state index contributed by atoms with van der Waals surface area (Å²) in [5, 5.41) is 2.89. The Bertz CT molecular complexity index is 841. The van der Waals surface area contributed by atoms with Crippen molar-refractivity contribution in [2.75, 3.05) is 27.3 Å². The number of carbonyl (C=O) groups is 1. The van der Waals surface area contributed by atoms with Gasteiger partial charge in [0.1, 0.15) is 17.3 Å². The molecule has 1 atom stereocenters. The van der Waals surface area contributed by atoms with E-state index in [-0.39, 0.29) is 17.8 Å². The molecule has 0 unspecified atom stereocenters. The maximum Gasteiger partial charge on any atom is 0.234 e. The molecule has 0 aromatic heterocycles. The Hall–Kier alpha value is -2.60. The number of aryl methyl sites for hydroxylation is 1. The fourth-order valence-corrected chi connectivity index (χ4v) is 3.65. The summed E-state index contributed by atoms with van der Waals surface area (Å²) in [7, 11) is 3.29. The maximum absolute atomic E-state index is 13.7. The van der Waals surface area contributed by atoms with Crippen LogP contribution in [0.3, 0.4) is 0 Å². The smallest absolute Gasteiger partial charge is 0.234 e. The zero-order chi connectivity index (χ0) is 20.1. The van der Waals surface area contributed by atoms with Crippen molar-refractivity contribution in [3.8, 4) is 11.5 Å². The molecule has 0 saturated carbocycles. The predicted molar refractivity (Wildman–Crippen MR) is 106 cm³/mol. The van der Waals surface area contributed by atoms with Crippen LogP contribution >= 0.6 is 0 Å². The molecule has 1 saturated heterocycles. The van der Waals surface area contributed by atoms with Crippen LogP contribution in [-0.4, -0.2) is 38.1 Å². The van der Waals surface area contributed by atoms with E-state index < -0.39 is 0 Å². The number of carbonyl (C=O) groups excluding carboxylic acids is 1. The van der Waals surface area contributed by atoms with Gasteiger partial charge in [-0.3, -0.25) is 9.69 Å². The number of amides is 1. The van der Waals surface area contributed by atoms with Gasteiger partial charge in [0.15, 0.2) is 0 Å². The minimum atomic E-state index is -0.253. The number of ether oxygens (including phenoxy) is 2. The van der Waals surface area contributed by atoms with E-state index in [0.29, 0.717) is 18.7 Å². The van der Waals surface area contributed by atoms with Gasteiger partial charge in [0, 0.05) is 18.2 Å². The lowest BCUT2D eigenvalue weighted by atomic mass is 10.0. The van der Waals surface area contributed by atoms with Crippen molar-refractivity contribution >= 4 is 5.91 Å². The highest BCUT2D eigenvalue weighted by atomic mass is 19.1. The largest absolute Gasteiger partial charge is 0.497 e. The van der Waals surface area contributed by atoms with E-state index >= 15 is 0 Å². The summed E-state index contributed by atoms with van der Waals surface area (Å²) in [5.74, 6) is 1.24. The summed E-state index contributed by atoms with van der Waals surface area (Å²) in [6.45, 7) is 3.17. The number of methoxy groups -OCH3 is 2. The van der Waals surface area contributed by atoms with Crippen molar-refractivity contribution in [2.24, 2.45) is 0 Å². The Labute approximate surface area is 165 Å².